The van der Waals surface area contributed by atoms with Crippen LogP contribution in [0.5, 0.6) is 0 Å². The minimum absolute atomic E-state index is 0.446. The summed E-state index contributed by atoms with van der Waals surface area (Å²) < 4.78 is 12.6. The summed E-state index contributed by atoms with van der Waals surface area (Å²) >= 11 is 0. The van der Waals surface area contributed by atoms with Gasteiger partial charge in [-0.05, 0) is 0 Å². The Hall–Kier alpha value is -1.31. The second-order valence-electron chi connectivity index (χ2n) is 1.77. The zero-order valence-corrected chi connectivity index (χ0v) is 5.40. The van der Waals surface area contributed by atoms with E-state index in [1.54, 1.807) is 0 Å². The van der Waals surface area contributed by atoms with Crippen molar-refractivity contribution in [1.82, 2.24) is 0 Å². The number of hydrogen-bond acceptors (Lipinski definition) is 5. The molecule has 0 atom stereocenters. The monoisotopic (exact) mass is 167 g/mol. The number of nitrogens with two attached hydrogens (primary N) is 1. The Morgan fingerprint density at radius 3 is 1.82 bits per heavy atom. The van der Waals surface area contributed by atoms with E-state index < -0.39 is 28.7 Å². The third-order valence-electron chi connectivity index (χ3n) is 1.02. The van der Waals surface area contributed by atoms with E-state index in [2.05, 4.69) is 0 Å². The number of nitro groups is 2. The van der Waals surface area contributed by atoms with Gasteiger partial charge in [0.15, 0.2) is 0 Å². The van der Waals surface area contributed by atoms with Crippen LogP contribution in [0.15, 0.2) is 0 Å². The molecular weight excluding hydrogens is 161 g/mol. The highest BCUT2D eigenvalue weighted by atomic mass is 19.2. The maximum Gasteiger partial charge on any atom is 0.614 e. The molecule has 11 heavy (non-hydrogen) atoms. The van der Waals surface area contributed by atoms with Crippen molar-refractivity contribution >= 4 is 0 Å². The lowest BCUT2D eigenvalue weighted by molar-refractivity contribution is -0.831. The Kier molecular flexibility index (Phi) is 2.81. The Morgan fingerprint density at radius 1 is 1.36 bits per heavy atom. The van der Waals surface area contributed by atoms with Gasteiger partial charge in [0.25, 0.3) is 0 Å². The van der Waals surface area contributed by atoms with Crippen molar-refractivity contribution in [2.75, 3.05) is 6.54 Å². The lowest BCUT2D eigenvalue weighted by atomic mass is 10.3. The fraction of sp³-hybridized carbons (Fsp3) is 1.00. The quantitative estimate of drug-likeness (QED) is 0.263. The average Bonchev–Trinajstić information content (AvgIpc) is 1.87. The van der Waals surface area contributed by atoms with E-state index in [1.807, 2.05) is 0 Å². The number of rotatable bonds is 4. The van der Waals surface area contributed by atoms with E-state index in [-0.39, 0.29) is 0 Å². The maximum atomic E-state index is 12.6. The molecule has 0 spiro atoms. The first-order valence-corrected chi connectivity index (χ1v) is 2.63. The first-order chi connectivity index (χ1) is 4.95. The maximum absolute atomic E-state index is 12.6. The highest BCUT2D eigenvalue weighted by molar-refractivity contribution is 4.51. The second-order valence-corrected chi connectivity index (χ2v) is 1.77. The Labute approximate surface area is 60.3 Å². The fourth-order valence-electron chi connectivity index (χ4n) is 0.433. The molecule has 0 aromatic carbocycles. The molecule has 0 aliphatic carbocycles. The number of hydrogen-bond donors (Lipinski definition) is 1. The van der Waals surface area contributed by atoms with Crippen molar-refractivity contribution in [3.63, 3.8) is 0 Å². The summed E-state index contributed by atoms with van der Waals surface area (Å²) in [7, 11) is 0. The van der Waals surface area contributed by atoms with Crippen molar-refractivity contribution in [2.24, 2.45) is 5.73 Å². The van der Waals surface area contributed by atoms with Crippen LogP contribution in [0.1, 0.15) is 6.42 Å². The molecule has 64 valence electrons. The molecule has 0 radical (unpaired) electrons. The minimum atomic E-state index is -3.63. The van der Waals surface area contributed by atoms with Crippen LogP contribution in [0, 0.1) is 20.2 Å². The van der Waals surface area contributed by atoms with Crippen LogP contribution in [0.4, 0.5) is 4.39 Å². The molecule has 0 fully saturated rings. The Morgan fingerprint density at radius 2 is 1.73 bits per heavy atom. The molecule has 0 aliphatic rings. The lowest BCUT2D eigenvalue weighted by Crippen LogP contribution is -2.43. The molecule has 7 nitrogen and oxygen atoms in total. The van der Waals surface area contributed by atoms with Crippen molar-refractivity contribution in [3.8, 4) is 0 Å². The molecule has 0 bridgehead atoms. The summed E-state index contributed by atoms with van der Waals surface area (Å²) in [5.74, 6) is -3.63. The molecule has 0 saturated heterocycles. The molecule has 2 N–H and O–H groups in total. The topological polar surface area (TPSA) is 112 Å². The van der Waals surface area contributed by atoms with Gasteiger partial charge in [-0.1, -0.05) is 4.39 Å². The third kappa shape index (κ3) is 1.80. The molecular formula is C3H6FN3O4. The number of alkyl halides is 1. The second kappa shape index (κ2) is 3.19. The molecule has 0 unspecified atom stereocenters. The van der Waals surface area contributed by atoms with Crippen LogP contribution >= 0.6 is 0 Å². The normalized spacial score (nSPS) is 11.1. The van der Waals surface area contributed by atoms with Gasteiger partial charge in [-0.3, -0.25) is 20.2 Å². The van der Waals surface area contributed by atoms with Crippen LogP contribution < -0.4 is 5.73 Å². The summed E-state index contributed by atoms with van der Waals surface area (Å²) in [5.41, 5.74) is 4.74. The number of halogens is 1. The van der Waals surface area contributed by atoms with E-state index in [9.17, 15) is 24.6 Å². The molecule has 0 aliphatic heterocycles. The van der Waals surface area contributed by atoms with Crippen LogP contribution in [0.3, 0.4) is 0 Å². The van der Waals surface area contributed by atoms with Crippen molar-refractivity contribution in [2.45, 2.75) is 12.3 Å². The smallest absolute Gasteiger partial charge is 0.330 e. The largest absolute Gasteiger partial charge is 0.614 e. The number of nitrogens with zero attached hydrogens (tertiary/aromatic N) is 2. The third-order valence-corrected chi connectivity index (χ3v) is 1.02. The molecule has 0 heterocycles. The summed E-state index contributed by atoms with van der Waals surface area (Å²) in [4.78, 5) is 16.4. The summed E-state index contributed by atoms with van der Waals surface area (Å²) in [6.07, 6.45) is -0.924. The van der Waals surface area contributed by atoms with E-state index in [0.717, 1.165) is 0 Å². The van der Waals surface area contributed by atoms with Gasteiger partial charge in [-0.15, -0.1) is 0 Å². The summed E-state index contributed by atoms with van der Waals surface area (Å²) in [5, 5.41) is 19.6. The first-order valence-electron chi connectivity index (χ1n) is 2.63. The van der Waals surface area contributed by atoms with Crippen molar-refractivity contribution < 1.29 is 14.2 Å². The van der Waals surface area contributed by atoms with E-state index in [0.29, 0.717) is 0 Å². The van der Waals surface area contributed by atoms with E-state index in [4.69, 9.17) is 5.73 Å². The fourth-order valence-corrected chi connectivity index (χ4v) is 0.433. The van der Waals surface area contributed by atoms with Crippen LogP contribution in [0.2, 0.25) is 0 Å². The molecule has 0 aromatic heterocycles. The van der Waals surface area contributed by atoms with E-state index >= 15 is 0 Å². The van der Waals surface area contributed by atoms with Crippen LogP contribution in [0.25, 0.3) is 0 Å². The van der Waals surface area contributed by atoms with Gasteiger partial charge in [-0.25, -0.2) is 0 Å². The molecule has 0 aromatic rings. The van der Waals surface area contributed by atoms with Gasteiger partial charge in [0.05, 0.1) is 0 Å². The Bertz CT molecular complexity index is 169. The summed E-state index contributed by atoms with van der Waals surface area (Å²) in [6, 6.07) is 0. The van der Waals surface area contributed by atoms with Crippen LogP contribution in [-0.2, 0) is 0 Å². The predicted octanol–water partition coefficient (Wildman–Crippen LogP) is -0.488. The Balaban J connectivity index is 4.52. The predicted molar refractivity (Wildman–Crippen MR) is 31.5 cm³/mol. The highest BCUT2D eigenvalue weighted by Crippen LogP contribution is 2.16. The van der Waals surface area contributed by atoms with Gasteiger partial charge in [0.2, 0.25) is 0 Å². The first kappa shape index (κ1) is 9.69. The average molecular weight is 167 g/mol. The van der Waals surface area contributed by atoms with E-state index in [1.165, 1.54) is 0 Å². The SMILES string of the molecule is NCCC(F)([N+](=O)[O-])[N+](=O)[O-]. The zero-order chi connectivity index (χ0) is 9.07. The molecule has 0 saturated carbocycles. The van der Waals surface area contributed by atoms with Crippen LogP contribution in [-0.4, -0.2) is 22.3 Å². The molecule has 0 rings (SSSR count). The van der Waals surface area contributed by atoms with Gasteiger partial charge < -0.3 is 5.73 Å². The van der Waals surface area contributed by atoms with Gasteiger partial charge in [0.1, 0.15) is 16.3 Å². The van der Waals surface area contributed by atoms with Crippen molar-refractivity contribution in [1.29, 1.82) is 0 Å². The minimum Gasteiger partial charge on any atom is -0.330 e. The highest BCUT2D eigenvalue weighted by Gasteiger charge is 2.56. The lowest BCUT2D eigenvalue weighted by Gasteiger charge is -2.05. The standard InChI is InChI=1S/C3H6FN3O4/c4-3(1-2-5,6(8)9)7(10)11/h1-2,5H2. The van der Waals surface area contributed by atoms with Crippen molar-refractivity contribution in [3.05, 3.63) is 20.2 Å². The summed E-state index contributed by atoms with van der Waals surface area (Å²) in [6.45, 7) is -0.446. The zero-order valence-electron chi connectivity index (χ0n) is 5.40. The van der Waals surface area contributed by atoms with Gasteiger partial charge in [-0.2, -0.15) is 0 Å². The van der Waals surface area contributed by atoms with Gasteiger partial charge in [0, 0.05) is 6.54 Å². The molecule has 8 heteroatoms. The molecule has 0 amide bonds. The van der Waals surface area contributed by atoms with Gasteiger partial charge >= 0.3 is 5.92 Å².